The molecule has 16 heavy (non-hydrogen) atoms. The molecule has 0 aliphatic heterocycles. The lowest BCUT2D eigenvalue weighted by atomic mass is 10.1. The molecule has 0 fully saturated rings. The van der Waals surface area contributed by atoms with Gasteiger partial charge in [-0.3, -0.25) is 0 Å². The fourth-order valence-corrected chi connectivity index (χ4v) is 2.01. The van der Waals surface area contributed by atoms with Crippen LogP contribution >= 0.6 is 11.3 Å². The molecule has 0 N–H and O–H groups in total. The van der Waals surface area contributed by atoms with Crippen LogP contribution in [-0.2, 0) is 0 Å². The summed E-state index contributed by atoms with van der Waals surface area (Å²) in [4.78, 5) is 4.14. The second-order valence-corrected chi connectivity index (χ2v) is 4.26. The number of hydrogen-bond acceptors (Lipinski definition) is 3. The van der Waals surface area contributed by atoms with Crippen molar-refractivity contribution in [1.82, 2.24) is 4.98 Å². The first-order valence-electron chi connectivity index (χ1n) is 4.88. The van der Waals surface area contributed by atoms with Gasteiger partial charge in [0.2, 0.25) is 0 Å². The molecule has 0 saturated carbocycles. The summed E-state index contributed by atoms with van der Waals surface area (Å²) in [6.45, 7) is 2.03. The lowest BCUT2D eigenvalue weighted by molar-refractivity contribution is 1.37. The van der Waals surface area contributed by atoms with Crippen LogP contribution in [0.1, 0.15) is 16.1 Å². The van der Waals surface area contributed by atoms with Crippen molar-refractivity contribution in [2.24, 2.45) is 0 Å². The maximum Gasteiger partial charge on any atom is 0.133 e. The van der Waals surface area contributed by atoms with E-state index in [1.165, 1.54) is 11.3 Å². The molecule has 1 heterocycles. The molecule has 0 aliphatic rings. The minimum atomic E-state index is 0.615. The molecule has 2 nitrogen and oxygen atoms in total. The first-order chi connectivity index (χ1) is 7.81. The molecule has 2 rings (SSSR count). The fourth-order valence-electron chi connectivity index (χ4n) is 1.40. The van der Waals surface area contributed by atoms with Gasteiger partial charge in [-0.15, -0.1) is 11.3 Å². The Bertz CT molecular complexity index is 548. The average Bonchev–Trinajstić information content (AvgIpc) is 2.81. The molecule has 1 aromatic carbocycles. The molecular weight excluding hydrogens is 216 g/mol. The fraction of sp³-hybridized carbons (Fsp3) is 0.0769. The zero-order valence-corrected chi connectivity index (χ0v) is 9.66. The highest BCUT2D eigenvalue weighted by atomic mass is 32.1. The highest BCUT2D eigenvalue weighted by molar-refractivity contribution is 7.10. The third-order valence-corrected chi connectivity index (χ3v) is 3.08. The Labute approximate surface area is 98.5 Å². The smallest absolute Gasteiger partial charge is 0.133 e. The zero-order chi connectivity index (χ0) is 11.4. The van der Waals surface area contributed by atoms with Crippen LogP contribution in [0.15, 0.2) is 35.8 Å². The number of aryl methyl sites for hydroxylation is 1. The molecule has 0 saturated heterocycles. The minimum Gasteiger partial charge on any atom is -0.244 e. The standard InChI is InChI=1S/C13H10N2S/c1-10-4-2-3-5-11(10)8-12(9-14)13-15-6-7-16-13/h2-8H,1H3/b12-8+. The van der Waals surface area contributed by atoms with Gasteiger partial charge in [-0.05, 0) is 24.1 Å². The van der Waals surface area contributed by atoms with Crippen molar-refractivity contribution in [3.05, 3.63) is 52.0 Å². The summed E-state index contributed by atoms with van der Waals surface area (Å²) in [7, 11) is 0. The van der Waals surface area contributed by atoms with Gasteiger partial charge in [0, 0.05) is 11.6 Å². The van der Waals surface area contributed by atoms with Gasteiger partial charge in [0.1, 0.15) is 11.1 Å². The van der Waals surface area contributed by atoms with Gasteiger partial charge >= 0.3 is 0 Å². The molecule has 1 aromatic heterocycles. The Hall–Kier alpha value is -1.92. The predicted octanol–water partition coefficient (Wildman–Crippen LogP) is 3.52. The molecule has 0 aliphatic carbocycles. The van der Waals surface area contributed by atoms with Crippen LogP contribution in [0, 0.1) is 18.3 Å². The van der Waals surface area contributed by atoms with Crippen LogP contribution in [0.5, 0.6) is 0 Å². The van der Waals surface area contributed by atoms with Gasteiger partial charge in [0.25, 0.3) is 0 Å². The minimum absolute atomic E-state index is 0.615. The monoisotopic (exact) mass is 226 g/mol. The van der Waals surface area contributed by atoms with E-state index in [9.17, 15) is 0 Å². The van der Waals surface area contributed by atoms with Crippen molar-refractivity contribution < 1.29 is 0 Å². The van der Waals surface area contributed by atoms with Crippen molar-refractivity contribution in [2.45, 2.75) is 6.92 Å². The Balaban J connectivity index is 2.44. The van der Waals surface area contributed by atoms with E-state index in [4.69, 9.17) is 5.26 Å². The summed E-state index contributed by atoms with van der Waals surface area (Å²) < 4.78 is 0. The van der Waals surface area contributed by atoms with Crippen molar-refractivity contribution in [3.63, 3.8) is 0 Å². The van der Waals surface area contributed by atoms with Crippen LogP contribution in [0.2, 0.25) is 0 Å². The quantitative estimate of drug-likeness (QED) is 0.735. The highest BCUT2D eigenvalue weighted by Gasteiger charge is 2.04. The Morgan fingerprint density at radius 2 is 2.25 bits per heavy atom. The van der Waals surface area contributed by atoms with Gasteiger partial charge in [0.05, 0.1) is 5.57 Å². The van der Waals surface area contributed by atoms with E-state index < -0.39 is 0 Å². The maximum atomic E-state index is 9.10. The van der Waals surface area contributed by atoms with Crippen LogP contribution in [-0.4, -0.2) is 4.98 Å². The van der Waals surface area contributed by atoms with Crippen LogP contribution in [0.25, 0.3) is 11.6 Å². The number of nitriles is 1. The number of allylic oxidation sites excluding steroid dienone is 1. The van der Waals surface area contributed by atoms with Crippen molar-refractivity contribution in [2.75, 3.05) is 0 Å². The first kappa shape index (κ1) is 10.6. The van der Waals surface area contributed by atoms with Crippen LogP contribution in [0.4, 0.5) is 0 Å². The molecular formula is C13H10N2S. The van der Waals surface area contributed by atoms with Crippen LogP contribution < -0.4 is 0 Å². The molecule has 0 bridgehead atoms. The highest BCUT2D eigenvalue weighted by Crippen LogP contribution is 2.20. The van der Waals surface area contributed by atoms with Gasteiger partial charge in [0.15, 0.2) is 0 Å². The lowest BCUT2D eigenvalue weighted by Gasteiger charge is -1.99. The topological polar surface area (TPSA) is 36.7 Å². The normalized spacial score (nSPS) is 11.1. The molecule has 0 atom stereocenters. The molecule has 0 amide bonds. The van der Waals surface area contributed by atoms with E-state index in [1.807, 2.05) is 42.6 Å². The average molecular weight is 226 g/mol. The van der Waals surface area contributed by atoms with Gasteiger partial charge in [-0.1, -0.05) is 24.3 Å². The van der Waals surface area contributed by atoms with Gasteiger partial charge < -0.3 is 0 Å². The van der Waals surface area contributed by atoms with Crippen molar-refractivity contribution in [3.8, 4) is 6.07 Å². The maximum absolute atomic E-state index is 9.10. The van der Waals surface area contributed by atoms with Crippen molar-refractivity contribution >= 4 is 23.0 Å². The van der Waals surface area contributed by atoms with Gasteiger partial charge in [-0.25, -0.2) is 4.98 Å². The number of thiazole rings is 1. The summed E-state index contributed by atoms with van der Waals surface area (Å²) in [5.41, 5.74) is 2.84. The van der Waals surface area contributed by atoms with Crippen LogP contribution in [0.3, 0.4) is 0 Å². The van der Waals surface area contributed by atoms with Crippen molar-refractivity contribution in [1.29, 1.82) is 5.26 Å². The number of hydrogen-bond donors (Lipinski definition) is 0. The van der Waals surface area contributed by atoms with E-state index in [0.29, 0.717) is 5.57 Å². The van der Waals surface area contributed by atoms with E-state index in [1.54, 1.807) is 6.20 Å². The predicted molar refractivity (Wildman–Crippen MR) is 66.8 cm³/mol. The van der Waals surface area contributed by atoms with E-state index >= 15 is 0 Å². The Morgan fingerprint density at radius 1 is 1.44 bits per heavy atom. The Morgan fingerprint density at radius 3 is 2.88 bits per heavy atom. The summed E-state index contributed by atoms with van der Waals surface area (Å²) in [6, 6.07) is 10.2. The number of aromatic nitrogens is 1. The molecule has 2 aromatic rings. The molecule has 78 valence electrons. The summed E-state index contributed by atoms with van der Waals surface area (Å²) in [5.74, 6) is 0. The largest absolute Gasteiger partial charge is 0.244 e. The first-order valence-corrected chi connectivity index (χ1v) is 5.76. The summed E-state index contributed by atoms with van der Waals surface area (Å²) in [5, 5.41) is 11.7. The third kappa shape index (κ3) is 2.18. The molecule has 0 unspecified atom stereocenters. The zero-order valence-electron chi connectivity index (χ0n) is 8.84. The number of rotatable bonds is 2. The summed E-state index contributed by atoms with van der Waals surface area (Å²) >= 11 is 1.48. The second-order valence-electron chi connectivity index (χ2n) is 3.36. The number of nitrogens with zero attached hydrogens (tertiary/aromatic N) is 2. The molecule has 0 spiro atoms. The van der Waals surface area contributed by atoms with E-state index in [2.05, 4.69) is 11.1 Å². The molecule has 0 radical (unpaired) electrons. The lowest BCUT2D eigenvalue weighted by Crippen LogP contribution is -1.83. The second kappa shape index (κ2) is 4.73. The third-order valence-electron chi connectivity index (χ3n) is 2.27. The Kier molecular flexibility index (Phi) is 3.13. The summed E-state index contributed by atoms with van der Waals surface area (Å²) in [6.07, 6.45) is 3.59. The van der Waals surface area contributed by atoms with E-state index in [-0.39, 0.29) is 0 Å². The number of benzene rings is 1. The molecule has 3 heteroatoms. The SMILES string of the molecule is Cc1ccccc1/C=C(\C#N)c1nccs1. The van der Waals surface area contributed by atoms with E-state index in [0.717, 1.165) is 16.1 Å². The van der Waals surface area contributed by atoms with Gasteiger partial charge in [-0.2, -0.15) is 5.26 Å².